The summed E-state index contributed by atoms with van der Waals surface area (Å²) in [7, 11) is 3.49. The maximum atomic E-state index is 13.2. The van der Waals surface area contributed by atoms with E-state index >= 15 is 0 Å². The summed E-state index contributed by atoms with van der Waals surface area (Å²) in [6, 6.07) is 11.4. The highest BCUT2D eigenvalue weighted by atomic mass is 16.5. The summed E-state index contributed by atoms with van der Waals surface area (Å²) < 4.78 is 7.10. The van der Waals surface area contributed by atoms with Crippen molar-refractivity contribution in [2.75, 3.05) is 13.7 Å². The van der Waals surface area contributed by atoms with Crippen molar-refractivity contribution in [3.63, 3.8) is 0 Å². The van der Waals surface area contributed by atoms with E-state index in [2.05, 4.69) is 33.9 Å². The highest BCUT2D eigenvalue weighted by Gasteiger charge is 2.54. The van der Waals surface area contributed by atoms with E-state index < -0.39 is 11.6 Å². The molecule has 186 valence electrons. The Morgan fingerprint density at radius 3 is 2.61 bits per heavy atom. The fourth-order valence-electron chi connectivity index (χ4n) is 6.26. The van der Waals surface area contributed by atoms with E-state index in [0.717, 1.165) is 42.1 Å². The van der Waals surface area contributed by atoms with Gasteiger partial charge in [-0.3, -0.25) is 19.6 Å². The molecule has 3 heterocycles. The summed E-state index contributed by atoms with van der Waals surface area (Å²) in [6.45, 7) is 0.554. The van der Waals surface area contributed by atoms with Crippen LogP contribution in [0.4, 0.5) is 4.79 Å². The van der Waals surface area contributed by atoms with Crippen molar-refractivity contribution in [3.05, 3.63) is 59.3 Å². The molecule has 1 atom stereocenters. The number of imide groups is 1. The minimum absolute atomic E-state index is 0.0650. The molecule has 1 aliphatic carbocycles. The van der Waals surface area contributed by atoms with Crippen LogP contribution in [0.2, 0.25) is 0 Å². The lowest BCUT2D eigenvalue weighted by molar-refractivity contribution is -0.127. The van der Waals surface area contributed by atoms with Crippen LogP contribution >= 0.6 is 0 Å². The van der Waals surface area contributed by atoms with Gasteiger partial charge in [0.05, 0.1) is 19.2 Å². The molecule has 1 aromatic heterocycles. The SMILES string of the molecule is COc1ccc2c(c1)C(=O)N(C[C@@]1(C3CCC(c4ccc5cn(C)nc5c4)CC3)NC(=O)NC1=O)C2. The van der Waals surface area contributed by atoms with Gasteiger partial charge in [0, 0.05) is 30.7 Å². The maximum Gasteiger partial charge on any atom is 0.322 e. The summed E-state index contributed by atoms with van der Waals surface area (Å²) >= 11 is 0. The molecule has 4 amide bonds. The van der Waals surface area contributed by atoms with Crippen molar-refractivity contribution in [1.82, 2.24) is 25.3 Å². The number of nitrogens with one attached hydrogen (secondary N) is 2. The molecule has 3 aliphatic rings. The summed E-state index contributed by atoms with van der Waals surface area (Å²) in [5, 5.41) is 11.0. The third kappa shape index (κ3) is 3.61. The lowest BCUT2D eigenvalue weighted by atomic mass is 9.70. The number of fused-ring (bicyclic) bond motifs is 2. The van der Waals surface area contributed by atoms with E-state index in [-0.39, 0.29) is 24.3 Å². The number of aromatic nitrogens is 2. The molecular formula is C27H29N5O4. The Labute approximate surface area is 208 Å². The number of urea groups is 1. The molecule has 0 bridgehead atoms. The molecule has 3 aromatic rings. The van der Waals surface area contributed by atoms with Crippen LogP contribution in [0, 0.1) is 5.92 Å². The number of aryl methyl sites for hydroxylation is 1. The number of benzene rings is 2. The summed E-state index contributed by atoms with van der Waals surface area (Å²) in [6.07, 6.45) is 5.37. The molecule has 6 rings (SSSR count). The van der Waals surface area contributed by atoms with E-state index in [1.54, 1.807) is 18.1 Å². The monoisotopic (exact) mass is 487 g/mol. The van der Waals surface area contributed by atoms with Gasteiger partial charge in [0.1, 0.15) is 11.3 Å². The summed E-state index contributed by atoms with van der Waals surface area (Å²) in [5.74, 6) is 0.439. The number of nitrogens with zero attached hydrogens (tertiary/aromatic N) is 3. The van der Waals surface area contributed by atoms with Gasteiger partial charge in [-0.2, -0.15) is 5.10 Å². The van der Waals surface area contributed by atoms with E-state index in [1.807, 2.05) is 30.1 Å². The Balaban J connectivity index is 1.22. The van der Waals surface area contributed by atoms with Crippen LogP contribution in [-0.2, 0) is 18.4 Å². The number of rotatable bonds is 5. The van der Waals surface area contributed by atoms with Crippen molar-refractivity contribution < 1.29 is 19.1 Å². The largest absolute Gasteiger partial charge is 0.497 e. The van der Waals surface area contributed by atoms with Crippen molar-refractivity contribution in [3.8, 4) is 5.75 Å². The lowest BCUT2D eigenvalue weighted by Crippen LogP contribution is -2.60. The number of carbonyl (C=O) groups excluding carboxylic acids is 3. The van der Waals surface area contributed by atoms with Crippen LogP contribution in [-0.4, -0.2) is 51.7 Å². The van der Waals surface area contributed by atoms with Crippen LogP contribution in [0.5, 0.6) is 5.75 Å². The van der Waals surface area contributed by atoms with E-state index in [0.29, 0.717) is 23.8 Å². The van der Waals surface area contributed by atoms with Crippen molar-refractivity contribution >= 4 is 28.7 Å². The predicted octanol–water partition coefficient (Wildman–Crippen LogP) is 3.09. The fraction of sp³-hybridized carbons (Fsp3) is 0.407. The molecular weight excluding hydrogens is 458 g/mol. The van der Waals surface area contributed by atoms with Gasteiger partial charge >= 0.3 is 6.03 Å². The van der Waals surface area contributed by atoms with Gasteiger partial charge in [0.25, 0.3) is 11.8 Å². The number of hydrogen-bond donors (Lipinski definition) is 2. The van der Waals surface area contributed by atoms with Crippen LogP contribution < -0.4 is 15.4 Å². The van der Waals surface area contributed by atoms with Crippen LogP contribution in [0.3, 0.4) is 0 Å². The molecule has 2 N–H and O–H groups in total. The first-order chi connectivity index (χ1) is 17.4. The molecule has 9 nitrogen and oxygen atoms in total. The van der Waals surface area contributed by atoms with Gasteiger partial charge in [0.15, 0.2) is 0 Å². The second-order valence-corrected chi connectivity index (χ2v) is 10.2. The minimum atomic E-state index is -1.13. The van der Waals surface area contributed by atoms with E-state index in [4.69, 9.17) is 4.74 Å². The molecule has 1 saturated heterocycles. The zero-order chi connectivity index (χ0) is 25.0. The first-order valence-corrected chi connectivity index (χ1v) is 12.4. The fourth-order valence-corrected chi connectivity index (χ4v) is 6.26. The second kappa shape index (κ2) is 8.36. The standard InChI is InChI=1S/C27H29N5O4/c1-31-13-19-4-3-17(11-23(19)30-31)16-5-8-20(9-6-16)27(25(34)28-26(35)29-27)15-32-14-18-7-10-21(36-2)12-22(18)24(32)33/h3-4,7,10-13,16,20H,5-6,8-9,14-15H2,1-2H3,(H2,28,29,34,35)/t16?,20?,27-/m0/s1. The number of carbonyl (C=O) groups is 3. The third-order valence-corrected chi connectivity index (χ3v) is 8.15. The van der Waals surface area contributed by atoms with E-state index in [1.165, 1.54) is 5.56 Å². The van der Waals surface area contributed by atoms with Gasteiger partial charge in [-0.15, -0.1) is 0 Å². The first kappa shape index (κ1) is 22.6. The smallest absolute Gasteiger partial charge is 0.322 e. The topological polar surface area (TPSA) is 106 Å². The predicted molar refractivity (Wildman–Crippen MR) is 133 cm³/mol. The van der Waals surface area contributed by atoms with Crippen molar-refractivity contribution in [1.29, 1.82) is 0 Å². The van der Waals surface area contributed by atoms with Gasteiger partial charge in [-0.05, 0) is 66.8 Å². The summed E-state index contributed by atoms with van der Waals surface area (Å²) in [5.41, 5.74) is 2.60. The van der Waals surface area contributed by atoms with Gasteiger partial charge in [-0.25, -0.2) is 4.79 Å². The normalized spacial score (nSPS) is 25.7. The van der Waals surface area contributed by atoms with Crippen molar-refractivity contribution in [2.45, 2.75) is 43.7 Å². The van der Waals surface area contributed by atoms with Crippen LogP contribution in [0.1, 0.15) is 53.1 Å². The molecule has 0 unspecified atom stereocenters. The maximum absolute atomic E-state index is 13.2. The zero-order valence-corrected chi connectivity index (χ0v) is 20.4. The van der Waals surface area contributed by atoms with Crippen molar-refractivity contribution in [2.24, 2.45) is 13.0 Å². The molecule has 2 aromatic carbocycles. The Hall–Kier alpha value is -3.88. The minimum Gasteiger partial charge on any atom is -0.497 e. The Bertz CT molecular complexity index is 1390. The number of amides is 4. The Morgan fingerprint density at radius 2 is 1.89 bits per heavy atom. The van der Waals surface area contributed by atoms with Gasteiger partial charge < -0.3 is 15.0 Å². The lowest BCUT2D eigenvalue weighted by Gasteiger charge is -2.41. The highest BCUT2D eigenvalue weighted by molar-refractivity contribution is 6.08. The van der Waals surface area contributed by atoms with Gasteiger partial charge in [0.2, 0.25) is 0 Å². The molecule has 0 radical (unpaired) electrons. The van der Waals surface area contributed by atoms with E-state index in [9.17, 15) is 14.4 Å². The molecule has 1 saturated carbocycles. The Morgan fingerprint density at radius 1 is 1.08 bits per heavy atom. The average molecular weight is 488 g/mol. The molecule has 9 heteroatoms. The molecule has 2 fully saturated rings. The highest BCUT2D eigenvalue weighted by Crippen LogP contribution is 2.42. The zero-order valence-electron chi connectivity index (χ0n) is 20.4. The Kier molecular flexibility index (Phi) is 5.24. The summed E-state index contributed by atoms with van der Waals surface area (Å²) in [4.78, 5) is 40.4. The number of ether oxygens (including phenoxy) is 1. The molecule has 2 aliphatic heterocycles. The third-order valence-electron chi connectivity index (χ3n) is 8.15. The second-order valence-electron chi connectivity index (χ2n) is 10.2. The molecule has 0 spiro atoms. The van der Waals surface area contributed by atoms with Crippen LogP contribution in [0.25, 0.3) is 10.9 Å². The quantitative estimate of drug-likeness (QED) is 0.538. The number of methoxy groups -OCH3 is 1. The van der Waals surface area contributed by atoms with Gasteiger partial charge in [-0.1, -0.05) is 18.2 Å². The average Bonchev–Trinajstić information content (AvgIpc) is 3.50. The number of hydrogen-bond acceptors (Lipinski definition) is 5. The van der Waals surface area contributed by atoms with Crippen LogP contribution in [0.15, 0.2) is 42.6 Å². The first-order valence-electron chi connectivity index (χ1n) is 12.4. The molecule has 36 heavy (non-hydrogen) atoms.